The molecule has 0 saturated heterocycles. The van der Waals surface area contributed by atoms with E-state index in [4.69, 9.17) is 5.11 Å². The lowest BCUT2D eigenvalue weighted by molar-refractivity contribution is 0.0700. The van der Waals surface area contributed by atoms with Gasteiger partial charge < -0.3 is 21.1 Å². The Hall–Kier alpha value is -2.94. The minimum absolute atomic E-state index is 0.00484. The highest BCUT2D eigenvalue weighted by atomic mass is 32.1. The average Bonchev–Trinajstić information content (AvgIpc) is 2.96. The van der Waals surface area contributed by atoms with Crippen molar-refractivity contribution >= 4 is 34.9 Å². The Morgan fingerprint density at radius 1 is 1.15 bits per heavy atom. The quantitative estimate of drug-likeness (QED) is 0.604. The van der Waals surface area contributed by atoms with Crippen LogP contribution in [0.25, 0.3) is 0 Å². The summed E-state index contributed by atoms with van der Waals surface area (Å²) >= 11 is 1.04. The number of hydrogen-bond acceptors (Lipinski definition) is 5. The van der Waals surface area contributed by atoms with Crippen LogP contribution in [0.5, 0.6) is 0 Å². The molecule has 0 spiro atoms. The standard InChI is InChI=1S/C18H22N4O4S/c1-9(2)19-18(26)22-13-7-5-6-12(8-13)15(23)20-11(4)16-21-10(3)14(27-16)17(24)25/h5-9,11H,1-4H3,(H,20,23)(H,24,25)(H2,19,22,26). The van der Waals surface area contributed by atoms with Crippen LogP contribution in [0.4, 0.5) is 10.5 Å². The van der Waals surface area contributed by atoms with Crippen LogP contribution in [-0.2, 0) is 0 Å². The van der Waals surface area contributed by atoms with Crippen LogP contribution in [0.1, 0.15) is 57.5 Å². The second-order valence-electron chi connectivity index (χ2n) is 6.30. The van der Waals surface area contributed by atoms with Crippen molar-refractivity contribution in [1.82, 2.24) is 15.6 Å². The molecule has 0 bridgehead atoms. The molecule has 9 heteroatoms. The Morgan fingerprint density at radius 3 is 2.44 bits per heavy atom. The number of carbonyl (C=O) groups excluding carboxylic acids is 2. The maximum Gasteiger partial charge on any atom is 0.347 e. The molecule has 1 heterocycles. The monoisotopic (exact) mass is 390 g/mol. The summed E-state index contributed by atoms with van der Waals surface area (Å²) in [5, 5.41) is 17.8. The summed E-state index contributed by atoms with van der Waals surface area (Å²) in [6.45, 7) is 7.05. The number of carboxylic acid groups (broad SMARTS) is 1. The predicted molar refractivity (Wildman–Crippen MR) is 103 cm³/mol. The molecule has 1 aromatic heterocycles. The van der Waals surface area contributed by atoms with E-state index in [1.165, 1.54) is 0 Å². The van der Waals surface area contributed by atoms with E-state index in [9.17, 15) is 14.4 Å². The summed E-state index contributed by atoms with van der Waals surface area (Å²) in [6, 6.07) is 5.74. The second kappa shape index (κ2) is 8.63. The van der Waals surface area contributed by atoms with Crippen molar-refractivity contribution in [3.63, 3.8) is 0 Å². The van der Waals surface area contributed by atoms with Crippen LogP contribution < -0.4 is 16.0 Å². The van der Waals surface area contributed by atoms with Gasteiger partial charge in [-0.15, -0.1) is 11.3 Å². The molecule has 1 atom stereocenters. The fraction of sp³-hybridized carbons (Fsp3) is 0.333. The Balaban J connectivity index is 2.07. The van der Waals surface area contributed by atoms with E-state index < -0.39 is 12.0 Å². The number of rotatable bonds is 6. The minimum Gasteiger partial charge on any atom is -0.477 e. The zero-order valence-corrected chi connectivity index (χ0v) is 16.3. The van der Waals surface area contributed by atoms with Crippen molar-refractivity contribution in [3.05, 3.63) is 45.4 Å². The third-order valence-corrected chi connectivity index (χ3v) is 4.86. The van der Waals surface area contributed by atoms with Crippen LogP contribution in [0.15, 0.2) is 24.3 Å². The van der Waals surface area contributed by atoms with Gasteiger partial charge in [-0.25, -0.2) is 14.6 Å². The summed E-state index contributed by atoms with van der Waals surface area (Å²) < 4.78 is 0. The van der Waals surface area contributed by atoms with Gasteiger partial charge in [-0.2, -0.15) is 0 Å². The lowest BCUT2D eigenvalue weighted by atomic mass is 10.1. The summed E-state index contributed by atoms with van der Waals surface area (Å²) in [5.74, 6) is -1.38. The molecular weight excluding hydrogens is 368 g/mol. The number of anilines is 1. The maximum absolute atomic E-state index is 12.5. The second-order valence-corrected chi connectivity index (χ2v) is 7.33. The molecule has 1 unspecified atom stereocenters. The van der Waals surface area contributed by atoms with E-state index in [2.05, 4.69) is 20.9 Å². The summed E-state index contributed by atoms with van der Waals surface area (Å²) in [6.07, 6.45) is 0. The first-order valence-corrected chi connectivity index (χ1v) is 9.18. The molecule has 8 nitrogen and oxygen atoms in total. The number of benzene rings is 1. The highest BCUT2D eigenvalue weighted by Crippen LogP contribution is 2.24. The van der Waals surface area contributed by atoms with Crippen LogP contribution in [0, 0.1) is 6.92 Å². The van der Waals surface area contributed by atoms with Crippen LogP contribution in [0.2, 0.25) is 0 Å². The predicted octanol–water partition coefficient (Wildman–Crippen LogP) is 3.17. The Kier molecular flexibility index (Phi) is 6.51. The molecule has 0 aliphatic carbocycles. The molecule has 3 amide bonds. The number of nitrogens with zero attached hydrogens (tertiary/aromatic N) is 1. The normalized spacial score (nSPS) is 11.7. The molecule has 2 aromatic rings. The molecular formula is C18H22N4O4S. The molecule has 4 N–H and O–H groups in total. The Morgan fingerprint density at radius 2 is 1.85 bits per heavy atom. The number of nitrogens with one attached hydrogen (secondary N) is 3. The fourth-order valence-electron chi connectivity index (χ4n) is 2.31. The highest BCUT2D eigenvalue weighted by Gasteiger charge is 2.20. The number of aryl methyl sites for hydroxylation is 1. The molecule has 27 heavy (non-hydrogen) atoms. The number of thiazole rings is 1. The number of aromatic carboxylic acids is 1. The van der Waals surface area contributed by atoms with E-state index in [1.54, 1.807) is 38.1 Å². The number of amides is 3. The first kappa shape index (κ1) is 20.4. The van der Waals surface area contributed by atoms with Gasteiger partial charge in [0, 0.05) is 17.3 Å². The van der Waals surface area contributed by atoms with E-state index in [0.29, 0.717) is 22.0 Å². The van der Waals surface area contributed by atoms with Crippen molar-refractivity contribution in [2.75, 3.05) is 5.32 Å². The van der Waals surface area contributed by atoms with Gasteiger partial charge in [0.05, 0.1) is 11.7 Å². The van der Waals surface area contributed by atoms with Crippen LogP contribution in [-0.4, -0.2) is 34.0 Å². The molecule has 2 rings (SSSR count). The lowest BCUT2D eigenvalue weighted by Crippen LogP contribution is -2.34. The number of carboxylic acids is 1. The van der Waals surface area contributed by atoms with Crippen molar-refractivity contribution in [2.45, 2.75) is 39.8 Å². The zero-order chi connectivity index (χ0) is 20.1. The number of carbonyl (C=O) groups is 3. The van der Waals surface area contributed by atoms with Crippen molar-refractivity contribution in [3.8, 4) is 0 Å². The van der Waals surface area contributed by atoms with Crippen molar-refractivity contribution < 1.29 is 19.5 Å². The van der Waals surface area contributed by atoms with Gasteiger partial charge in [-0.1, -0.05) is 6.07 Å². The first-order chi connectivity index (χ1) is 12.7. The SMILES string of the molecule is Cc1nc(C(C)NC(=O)c2cccc(NC(=O)NC(C)C)c2)sc1C(=O)O. The summed E-state index contributed by atoms with van der Waals surface area (Å²) in [7, 11) is 0. The smallest absolute Gasteiger partial charge is 0.347 e. The molecule has 1 aromatic carbocycles. The maximum atomic E-state index is 12.5. The third kappa shape index (κ3) is 5.52. The topological polar surface area (TPSA) is 120 Å². The van der Waals surface area contributed by atoms with E-state index >= 15 is 0 Å². The third-order valence-electron chi connectivity index (χ3n) is 3.53. The van der Waals surface area contributed by atoms with Gasteiger partial charge in [0.2, 0.25) is 0 Å². The van der Waals surface area contributed by atoms with Gasteiger partial charge in [-0.05, 0) is 45.9 Å². The number of hydrogen-bond donors (Lipinski definition) is 4. The molecule has 0 aliphatic heterocycles. The first-order valence-electron chi connectivity index (χ1n) is 8.36. The number of aromatic nitrogens is 1. The van der Waals surface area contributed by atoms with E-state index in [0.717, 1.165) is 11.3 Å². The highest BCUT2D eigenvalue weighted by molar-refractivity contribution is 7.13. The van der Waals surface area contributed by atoms with Crippen LogP contribution >= 0.6 is 11.3 Å². The average molecular weight is 390 g/mol. The molecule has 0 fully saturated rings. The van der Waals surface area contributed by atoms with Crippen molar-refractivity contribution in [1.29, 1.82) is 0 Å². The minimum atomic E-state index is -1.03. The van der Waals surface area contributed by atoms with Gasteiger partial charge in [-0.3, -0.25) is 4.79 Å². The Labute approximate surface area is 161 Å². The van der Waals surface area contributed by atoms with Gasteiger partial charge in [0.25, 0.3) is 5.91 Å². The molecule has 144 valence electrons. The van der Waals surface area contributed by atoms with E-state index in [1.807, 2.05) is 13.8 Å². The lowest BCUT2D eigenvalue weighted by Gasteiger charge is -2.13. The van der Waals surface area contributed by atoms with Crippen LogP contribution in [0.3, 0.4) is 0 Å². The van der Waals surface area contributed by atoms with E-state index in [-0.39, 0.29) is 22.9 Å². The summed E-state index contributed by atoms with van der Waals surface area (Å²) in [5.41, 5.74) is 1.29. The Bertz CT molecular complexity index is 863. The molecule has 0 saturated carbocycles. The van der Waals surface area contributed by atoms with Crippen molar-refractivity contribution in [2.24, 2.45) is 0 Å². The zero-order valence-electron chi connectivity index (χ0n) is 15.5. The summed E-state index contributed by atoms with van der Waals surface area (Å²) in [4.78, 5) is 39.8. The van der Waals surface area contributed by atoms with Gasteiger partial charge in [0.1, 0.15) is 9.88 Å². The van der Waals surface area contributed by atoms with Gasteiger partial charge >= 0.3 is 12.0 Å². The molecule has 0 aliphatic rings. The largest absolute Gasteiger partial charge is 0.477 e. The fourth-order valence-corrected chi connectivity index (χ4v) is 3.22. The molecule has 0 radical (unpaired) electrons. The van der Waals surface area contributed by atoms with Gasteiger partial charge in [0.15, 0.2) is 0 Å². The number of urea groups is 1.